The smallest absolute Gasteiger partial charge is 0.0280 e. The Kier molecular flexibility index (Phi) is 1.78. The zero-order chi connectivity index (χ0) is 13.3. The average molecular weight is 199 g/mol. The largest absolute Gasteiger partial charge is 0.0587 e. The summed E-state index contributed by atoms with van der Waals surface area (Å²) in [6, 6.07) is 13.4. The van der Waals surface area contributed by atoms with E-state index in [0.29, 0.717) is 5.56 Å². The Labute approximate surface area is 95.8 Å². The van der Waals surface area contributed by atoms with E-state index in [1.807, 2.05) is 12.1 Å². The third-order valence-electron chi connectivity index (χ3n) is 2.73. The fourth-order valence-electron chi connectivity index (χ4n) is 1.58. The highest BCUT2D eigenvalue weighted by atomic mass is 14.0. The average Bonchev–Trinajstić information content (AvgIpc) is 2.32. The van der Waals surface area contributed by atoms with Gasteiger partial charge in [0.05, 0.1) is 0 Å². The molecule has 2 aromatic rings. The van der Waals surface area contributed by atoms with Gasteiger partial charge in [-0.25, -0.2) is 0 Å². The topological polar surface area (TPSA) is 0 Å². The van der Waals surface area contributed by atoms with Gasteiger partial charge in [-0.2, -0.15) is 0 Å². The van der Waals surface area contributed by atoms with Crippen molar-refractivity contribution in [2.45, 2.75) is 20.7 Å². The van der Waals surface area contributed by atoms with Gasteiger partial charge in [-0.15, -0.1) is 0 Å². The summed E-state index contributed by atoms with van der Waals surface area (Å²) in [6.07, 6.45) is 0. The molecule has 0 aliphatic carbocycles. The first-order valence-electron chi connectivity index (χ1n) is 6.56. The predicted molar refractivity (Wildman–Crippen MR) is 66.1 cm³/mol. The molecule has 0 spiro atoms. The molecule has 2 aromatic carbocycles. The van der Waals surface area contributed by atoms with Crippen LogP contribution in [0.15, 0.2) is 42.5 Å². The first-order chi connectivity index (χ1) is 8.38. The van der Waals surface area contributed by atoms with Gasteiger partial charge in [0.25, 0.3) is 0 Å². The van der Waals surface area contributed by atoms with E-state index >= 15 is 0 Å². The lowest BCUT2D eigenvalue weighted by Crippen LogP contribution is -1.83. The quantitative estimate of drug-likeness (QED) is 0.643. The second-order valence-electron chi connectivity index (χ2n) is 3.88. The molecule has 76 valence electrons. The Balaban J connectivity index is 2.37. The molecule has 0 atom stereocenters. The van der Waals surface area contributed by atoms with Crippen LogP contribution in [0, 0.1) is 20.7 Å². The van der Waals surface area contributed by atoms with Crippen LogP contribution in [0.2, 0.25) is 0 Å². The maximum Gasteiger partial charge on any atom is 0.0280 e. The third kappa shape index (κ3) is 2.10. The first-order valence-corrected chi connectivity index (χ1v) is 5.06. The molecule has 0 saturated heterocycles. The summed E-state index contributed by atoms with van der Waals surface area (Å²) in [4.78, 5) is 0. The second kappa shape index (κ2) is 3.90. The normalized spacial score (nSPS) is 14.1. The van der Waals surface area contributed by atoms with Gasteiger partial charge in [0.2, 0.25) is 0 Å². The van der Waals surface area contributed by atoms with Crippen molar-refractivity contribution < 1.29 is 4.11 Å². The number of hydrogen-bond acceptors (Lipinski definition) is 0. The van der Waals surface area contributed by atoms with Gasteiger partial charge < -0.3 is 0 Å². The molecular weight excluding hydrogens is 180 g/mol. The number of aryl methyl sites for hydroxylation is 3. The summed E-state index contributed by atoms with van der Waals surface area (Å²) >= 11 is 0. The minimum absolute atomic E-state index is 0.384. The van der Waals surface area contributed by atoms with Crippen LogP contribution in [0.3, 0.4) is 0 Å². The monoisotopic (exact) mass is 199 g/mol. The zero-order valence-electron chi connectivity index (χ0n) is 12.0. The maximum atomic E-state index is 7.34. The fourth-order valence-corrected chi connectivity index (χ4v) is 1.58. The molecule has 0 bridgehead atoms. The summed E-state index contributed by atoms with van der Waals surface area (Å²) in [5.41, 5.74) is 5.06. The highest BCUT2D eigenvalue weighted by Gasteiger charge is 1.98. The zero-order valence-corrected chi connectivity index (χ0v) is 9.04. The van der Waals surface area contributed by atoms with Crippen LogP contribution in [0.4, 0.5) is 0 Å². The molecule has 0 aromatic heterocycles. The molecule has 2 rings (SSSR count). The van der Waals surface area contributed by atoms with E-state index in [9.17, 15) is 0 Å². The Bertz CT molecular complexity index is 551. The second-order valence-corrected chi connectivity index (χ2v) is 3.88. The van der Waals surface area contributed by atoms with Gasteiger partial charge in [-0.3, -0.25) is 0 Å². The van der Waals surface area contributed by atoms with Crippen LogP contribution in [0.5, 0.6) is 0 Å². The lowest BCUT2D eigenvalue weighted by molar-refractivity contribution is 1.34. The molecule has 0 aliphatic rings. The lowest BCUT2D eigenvalue weighted by atomic mass is 10.00. The van der Waals surface area contributed by atoms with Crippen molar-refractivity contribution in [2.75, 3.05) is 0 Å². The van der Waals surface area contributed by atoms with Gasteiger partial charge in [0.15, 0.2) is 0 Å². The summed E-state index contributed by atoms with van der Waals surface area (Å²) < 4.78 is 22.0. The molecule has 0 N–H and O–H groups in total. The van der Waals surface area contributed by atoms with Crippen molar-refractivity contribution in [2.24, 2.45) is 0 Å². The van der Waals surface area contributed by atoms with Crippen LogP contribution in [0.1, 0.15) is 20.8 Å². The van der Waals surface area contributed by atoms with E-state index < -0.39 is 6.85 Å². The molecule has 0 fully saturated rings. The molecule has 0 heteroatoms. The van der Waals surface area contributed by atoms with Crippen molar-refractivity contribution in [1.29, 1.82) is 0 Å². The molecule has 0 saturated carbocycles. The minimum atomic E-state index is -2.03. The summed E-state index contributed by atoms with van der Waals surface area (Å²) in [5.74, 6) is 0. The third-order valence-corrected chi connectivity index (χ3v) is 2.73. The van der Waals surface area contributed by atoms with E-state index in [1.165, 1.54) is 11.1 Å². The molecule has 0 heterocycles. The molecule has 0 nitrogen and oxygen atoms in total. The number of rotatable bonds is 1. The van der Waals surface area contributed by atoms with Crippen molar-refractivity contribution in [3.8, 4) is 11.1 Å². The Hall–Kier alpha value is -1.56. The molecule has 0 amide bonds. The number of hydrogen-bond donors (Lipinski definition) is 0. The van der Waals surface area contributed by atoms with E-state index in [0.717, 1.165) is 11.1 Å². The van der Waals surface area contributed by atoms with Gasteiger partial charge >= 0.3 is 0 Å². The molecule has 0 unspecified atom stereocenters. The van der Waals surface area contributed by atoms with Crippen molar-refractivity contribution in [3.05, 3.63) is 59.2 Å². The standard InChI is InChI=1S/C15H16/c1-11-4-7-14(8-5-11)15-9-6-12(2)13(3)10-15/h4-10H,1-3H3/i1D3. The first kappa shape index (κ1) is 6.84. The van der Waals surface area contributed by atoms with Gasteiger partial charge in [0, 0.05) is 4.11 Å². The van der Waals surface area contributed by atoms with Crippen LogP contribution in [0.25, 0.3) is 11.1 Å². The van der Waals surface area contributed by atoms with Crippen molar-refractivity contribution in [1.82, 2.24) is 0 Å². The summed E-state index contributed by atoms with van der Waals surface area (Å²) in [7, 11) is 0. The van der Waals surface area contributed by atoms with Gasteiger partial charge in [-0.05, 0) is 43.0 Å². The molecular formula is C15H16. The van der Waals surface area contributed by atoms with Crippen molar-refractivity contribution >= 4 is 0 Å². The van der Waals surface area contributed by atoms with Crippen LogP contribution >= 0.6 is 0 Å². The number of benzene rings is 2. The Morgan fingerprint density at radius 2 is 1.47 bits per heavy atom. The minimum Gasteiger partial charge on any atom is -0.0587 e. The highest BCUT2D eigenvalue weighted by molar-refractivity contribution is 5.65. The van der Waals surface area contributed by atoms with E-state index in [4.69, 9.17) is 4.11 Å². The van der Waals surface area contributed by atoms with Crippen LogP contribution in [-0.2, 0) is 0 Å². The van der Waals surface area contributed by atoms with E-state index in [2.05, 4.69) is 32.0 Å². The fraction of sp³-hybridized carbons (Fsp3) is 0.200. The molecule has 0 radical (unpaired) electrons. The van der Waals surface area contributed by atoms with Gasteiger partial charge in [0.1, 0.15) is 0 Å². The van der Waals surface area contributed by atoms with E-state index in [-0.39, 0.29) is 0 Å². The maximum absolute atomic E-state index is 7.34. The van der Waals surface area contributed by atoms with Gasteiger partial charge in [-0.1, -0.05) is 48.0 Å². The van der Waals surface area contributed by atoms with Crippen LogP contribution in [-0.4, -0.2) is 0 Å². The predicted octanol–water partition coefficient (Wildman–Crippen LogP) is 4.28. The molecule has 0 aliphatic heterocycles. The summed E-state index contributed by atoms with van der Waals surface area (Å²) in [5, 5.41) is 0. The summed E-state index contributed by atoms with van der Waals surface area (Å²) in [6.45, 7) is 2.13. The Morgan fingerprint density at radius 3 is 2.07 bits per heavy atom. The van der Waals surface area contributed by atoms with E-state index in [1.54, 1.807) is 12.1 Å². The van der Waals surface area contributed by atoms with Crippen LogP contribution < -0.4 is 0 Å². The highest BCUT2D eigenvalue weighted by Crippen LogP contribution is 2.22. The van der Waals surface area contributed by atoms with Crippen molar-refractivity contribution in [3.63, 3.8) is 0 Å². The lowest BCUT2D eigenvalue weighted by Gasteiger charge is -2.05. The Morgan fingerprint density at radius 1 is 0.800 bits per heavy atom. The SMILES string of the molecule is [2H]C([2H])([2H])c1ccc(-c2ccc(C)c(C)c2)cc1. The molecule has 15 heavy (non-hydrogen) atoms.